The Bertz CT molecular complexity index is 947. The Labute approximate surface area is 156 Å². The van der Waals surface area contributed by atoms with Crippen molar-refractivity contribution in [3.05, 3.63) is 63.4 Å². The highest BCUT2D eigenvalue weighted by atomic mass is 127. The van der Waals surface area contributed by atoms with Crippen LogP contribution in [0.25, 0.3) is 10.9 Å². The molecule has 0 radical (unpaired) electrons. The van der Waals surface area contributed by atoms with Crippen LogP contribution in [0.1, 0.15) is 22.8 Å². The number of nitrogens with zero attached hydrogens (tertiary/aromatic N) is 1. The average Bonchev–Trinajstić information content (AvgIpc) is 2.94. The Morgan fingerprint density at radius 2 is 1.92 bits per heavy atom. The van der Waals surface area contributed by atoms with Crippen LogP contribution < -0.4 is 5.32 Å². The number of hydrogen-bond donors (Lipinski definition) is 1. The quantitative estimate of drug-likeness (QED) is 0.515. The Morgan fingerprint density at radius 3 is 2.60 bits per heavy atom. The van der Waals surface area contributed by atoms with Gasteiger partial charge in [0, 0.05) is 32.9 Å². The molecular formula is C18H14F3IN2O. The maximum Gasteiger partial charge on any atom is 0.416 e. The lowest BCUT2D eigenvalue weighted by atomic mass is 10.1. The second kappa shape index (κ2) is 6.70. The molecule has 0 atom stereocenters. The van der Waals surface area contributed by atoms with Crippen LogP contribution >= 0.6 is 22.6 Å². The third kappa shape index (κ3) is 3.51. The third-order valence-corrected chi connectivity index (χ3v) is 4.79. The number of nitrogens with one attached hydrogen (secondary N) is 1. The normalized spacial score (nSPS) is 11.7. The van der Waals surface area contributed by atoms with Gasteiger partial charge in [-0.05, 0) is 59.8 Å². The standard InChI is InChI=1S/C18H14F3IN2O/c1-2-24-10-13(16-14(22)7-4-8-15(16)24)17(25)23-12-6-3-5-11(9-12)18(19,20)21/h3-10H,2H2,1H3,(H,23,25). The molecule has 7 heteroatoms. The molecule has 1 N–H and O–H groups in total. The molecule has 2 aromatic carbocycles. The van der Waals surface area contributed by atoms with Crippen LogP contribution in [0.4, 0.5) is 18.9 Å². The number of anilines is 1. The van der Waals surface area contributed by atoms with Crippen LogP contribution in [0.2, 0.25) is 0 Å². The number of rotatable bonds is 3. The summed E-state index contributed by atoms with van der Waals surface area (Å²) < 4.78 is 41.3. The molecule has 0 bridgehead atoms. The number of aromatic nitrogens is 1. The van der Waals surface area contributed by atoms with Crippen LogP contribution in [0, 0.1) is 3.57 Å². The minimum Gasteiger partial charge on any atom is -0.347 e. The van der Waals surface area contributed by atoms with Gasteiger partial charge in [-0.1, -0.05) is 12.1 Å². The molecule has 0 aliphatic rings. The summed E-state index contributed by atoms with van der Waals surface area (Å²) in [6, 6.07) is 10.3. The molecule has 0 saturated heterocycles. The van der Waals surface area contributed by atoms with Gasteiger partial charge in [-0.25, -0.2) is 0 Å². The first-order valence-electron chi connectivity index (χ1n) is 7.57. The van der Waals surface area contributed by atoms with Crippen LogP contribution in [-0.2, 0) is 12.7 Å². The predicted octanol–water partition coefficient (Wildman–Crippen LogP) is 5.54. The first kappa shape index (κ1) is 17.8. The topological polar surface area (TPSA) is 34.0 Å². The van der Waals surface area contributed by atoms with E-state index < -0.39 is 17.6 Å². The lowest BCUT2D eigenvalue weighted by Crippen LogP contribution is -2.13. The molecule has 130 valence electrons. The van der Waals surface area contributed by atoms with Gasteiger partial charge < -0.3 is 9.88 Å². The molecule has 0 unspecified atom stereocenters. The lowest BCUT2D eigenvalue weighted by Gasteiger charge is -2.09. The zero-order valence-corrected chi connectivity index (χ0v) is 15.4. The summed E-state index contributed by atoms with van der Waals surface area (Å²) in [5.41, 5.74) is 0.682. The highest BCUT2D eigenvalue weighted by Crippen LogP contribution is 2.31. The van der Waals surface area contributed by atoms with Gasteiger partial charge in [0.2, 0.25) is 0 Å². The molecule has 1 amide bonds. The fourth-order valence-corrected chi connectivity index (χ4v) is 3.49. The number of fused-ring (bicyclic) bond motifs is 1. The van der Waals surface area contributed by atoms with E-state index >= 15 is 0 Å². The van der Waals surface area contributed by atoms with E-state index in [1.165, 1.54) is 12.1 Å². The Balaban J connectivity index is 1.99. The molecule has 0 fully saturated rings. The van der Waals surface area contributed by atoms with Gasteiger partial charge >= 0.3 is 6.18 Å². The number of halogens is 4. The van der Waals surface area contributed by atoms with Crippen molar-refractivity contribution in [2.45, 2.75) is 19.6 Å². The molecule has 3 nitrogen and oxygen atoms in total. The maximum atomic E-state index is 12.8. The second-order valence-electron chi connectivity index (χ2n) is 5.50. The van der Waals surface area contributed by atoms with Crippen molar-refractivity contribution in [2.24, 2.45) is 0 Å². The van der Waals surface area contributed by atoms with E-state index in [0.717, 1.165) is 26.6 Å². The average molecular weight is 458 g/mol. The van der Waals surface area contributed by atoms with Gasteiger partial charge in [0.25, 0.3) is 5.91 Å². The van der Waals surface area contributed by atoms with E-state index in [2.05, 4.69) is 27.9 Å². The highest BCUT2D eigenvalue weighted by Gasteiger charge is 2.30. The molecular weight excluding hydrogens is 444 g/mol. The fourth-order valence-electron chi connectivity index (χ4n) is 2.71. The molecule has 0 aliphatic heterocycles. The number of carbonyl (C=O) groups is 1. The van der Waals surface area contributed by atoms with Gasteiger partial charge in [-0.2, -0.15) is 13.2 Å². The van der Waals surface area contributed by atoms with E-state index in [0.29, 0.717) is 12.1 Å². The summed E-state index contributed by atoms with van der Waals surface area (Å²) in [6.07, 6.45) is -2.72. The molecule has 0 spiro atoms. The van der Waals surface area contributed by atoms with Crippen LogP contribution in [-0.4, -0.2) is 10.5 Å². The minimum absolute atomic E-state index is 0.114. The fraction of sp³-hybridized carbons (Fsp3) is 0.167. The molecule has 1 aromatic heterocycles. The van der Waals surface area contributed by atoms with Gasteiger partial charge in [0.1, 0.15) is 0 Å². The molecule has 3 rings (SSSR count). The molecule has 1 heterocycles. The monoisotopic (exact) mass is 458 g/mol. The number of alkyl halides is 3. The van der Waals surface area contributed by atoms with Crippen molar-refractivity contribution in [1.82, 2.24) is 4.57 Å². The summed E-state index contributed by atoms with van der Waals surface area (Å²) in [5, 5.41) is 3.37. The molecule has 3 aromatic rings. The van der Waals surface area contributed by atoms with Crippen molar-refractivity contribution in [2.75, 3.05) is 5.32 Å². The summed E-state index contributed by atoms with van der Waals surface area (Å²) >= 11 is 2.15. The van der Waals surface area contributed by atoms with E-state index in [1.54, 1.807) is 6.20 Å². The zero-order valence-electron chi connectivity index (χ0n) is 13.2. The first-order chi connectivity index (χ1) is 11.8. The van der Waals surface area contributed by atoms with Gasteiger partial charge in [0.05, 0.1) is 11.1 Å². The summed E-state index contributed by atoms with van der Waals surface area (Å²) in [4.78, 5) is 12.7. The zero-order chi connectivity index (χ0) is 18.2. The lowest BCUT2D eigenvalue weighted by molar-refractivity contribution is -0.137. The Kier molecular flexibility index (Phi) is 4.77. The minimum atomic E-state index is -4.45. The van der Waals surface area contributed by atoms with Crippen LogP contribution in [0.5, 0.6) is 0 Å². The van der Waals surface area contributed by atoms with Crippen molar-refractivity contribution in [3.63, 3.8) is 0 Å². The first-order valence-corrected chi connectivity index (χ1v) is 8.65. The van der Waals surface area contributed by atoms with Crippen molar-refractivity contribution < 1.29 is 18.0 Å². The second-order valence-corrected chi connectivity index (χ2v) is 6.66. The number of hydrogen-bond acceptors (Lipinski definition) is 1. The van der Waals surface area contributed by atoms with Crippen molar-refractivity contribution >= 4 is 45.1 Å². The van der Waals surface area contributed by atoms with E-state index in [1.807, 2.05) is 29.7 Å². The number of benzene rings is 2. The largest absolute Gasteiger partial charge is 0.416 e. The highest BCUT2D eigenvalue weighted by molar-refractivity contribution is 14.1. The van der Waals surface area contributed by atoms with Gasteiger partial charge in [-0.15, -0.1) is 0 Å². The van der Waals surface area contributed by atoms with Crippen LogP contribution in [0.3, 0.4) is 0 Å². The third-order valence-electron chi connectivity index (χ3n) is 3.89. The van der Waals surface area contributed by atoms with E-state index in [-0.39, 0.29) is 5.69 Å². The maximum absolute atomic E-state index is 12.8. The molecule has 0 aliphatic carbocycles. The number of carbonyl (C=O) groups excluding carboxylic acids is 1. The van der Waals surface area contributed by atoms with Crippen molar-refractivity contribution in [3.8, 4) is 0 Å². The number of amides is 1. The van der Waals surface area contributed by atoms with E-state index in [9.17, 15) is 18.0 Å². The molecule has 0 saturated carbocycles. The Hall–Kier alpha value is -2.03. The summed E-state index contributed by atoms with van der Waals surface area (Å²) in [5.74, 6) is -0.430. The Morgan fingerprint density at radius 1 is 1.20 bits per heavy atom. The van der Waals surface area contributed by atoms with Gasteiger partial charge in [0.15, 0.2) is 0 Å². The van der Waals surface area contributed by atoms with Gasteiger partial charge in [-0.3, -0.25) is 4.79 Å². The SMILES string of the molecule is CCn1cc(C(=O)Nc2cccc(C(F)(F)F)c2)c2c(I)cccc21. The van der Waals surface area contributed by atoms with E-state index in [4.69, 9.17) is 0 Å². The predicted molar refractivity (Wildman–Crippen MR) is 99.7 cm³/mol. The van der Waals surface area contributed by atoms with Crippen molar-refractivity contribution in [1.29, 1.82) is 0 Å². The smallest absolute Gasteiger partial charge is 0.347 e. The molecule has 25 heavy (non-hydrogen) atoms. The number of aryl methyl sites for hydroxylation is 1. The summed E-state index contributed by atoms with van der Waals surface area (Å²) in [7, 11) is 0. The van der Waals surface area contributed by atoms with Crippen LogP contribution in [0.15, 0.2) is 48.7 Å². The summed E-state index contributed by atoms with van der Waals surface area (Å²) in [6.45, 7) is 2.65.